The summed E-state index contributed by atoms with van der Waals surface area (Å²) < 4.78 is 1.42. The minimum Gasteiger partial charge on any atom is -0.179 e. The Morgan fingerprint density at radius 3 is 1.78 bits per heavy atom. The summed E-state index contributed by atoms with van der Waals surface area (Å²) in [5, 5.41) is 0. The zero-order chi connectivity index (χ0) is 29.2. The number of benzene rings is 4. The van der Waals surface area contributed by atoms with Crippen molar-refractivity contribution in [3.8, 4) is 11.1 Å². The minimum absolute atomic E-state index is 0. The van der Waals surface area contributed by atoms with Gasteiger partial charge in [0.2, 0.25) is 0 Å². The van der Waals surface area contributed by atoms with Gasteiger partial charge in [-0.2, -0.15) is 41.5 Å². The molecule has 6 aliphatic rings. The Morgan fingerprint density at radius 2 is 1.22 bits per heavy atom. The Morgan fingerprint density at radius 1 is 0.689 bits per heavy atom. The van der Waals surface area contributed by atoms with E-state index in [4.69, 9.17) is 0 Å². The zero-order valence-electron chi connectivity index (χ0n) is 26.0. The van der Waals surface area contributed by atoms with Crippen LogP contribution in [0, 0.1) is 41.2 Å². The summed E-state index contributed by atoms with van der Waals surface area (Å²) in [6.07, 6.45) is 18.5. The third-order valence-electron chi connectivity index (χ3n) is 10.3. The predicted molar refractivity (Wildman–Crippen MR) is 175 cm³/mol. The molecule has 0 spiro atoms. The van der Waals surface area contributed by atoms with Crippen LogP contribution in [-0.2, 0) is 30.7 Å². The number of hydrogen-bond donors (Lipinski definition) is 0. The van der Waals surface area contributed by atoms with Crippen molar-refractivity contribution < 1.29 is 49.0 Å². The van der Waals surface area contributed by atoms with Crippen molar-refractivity contribution in [2.75, 3.05) is 0 Å². The van der Waals surface area contributed by atoms with Crippen LogP contribution in [0.5, 0.6) is 0 Å². The smallest absolute Gasteiger partial charge is 0.0253 e. The molecule has 0 amide bonds. The van der Waals surface area contributed by atoms with E-state index in [2.05, 4.69) is 128 Å². The first-order valence-electron chi connectivity index (χ1n) is 16.2. The average Bonchev–Trinajstić information content (AvgIpc) is 3.66. The summed E-state index contributed by atoms with van der Waals surface area (Å²) in [5.74, 6) is 3.77. The van der Waals surface area contributed by atoms with E-state index in [0.717, 1.165) is 24.2 Å². The van der Waals surface area contributed by atoms with Crippen LogP contribution < -0.4 is 24.8 Å². The molecule has 0 aromatic heterocycles. The summed E-state index contributed by atoms with van der Waals surface area (Å²) in [6.45, 7) is 2.27. The van der Waals surface area contributed by atoms with Gasteiger partial charge in [-0.1, -0.05) is 72.9 Å². The van der Waals surface area contributed by atoms with Gasteiger partial charge in [-0.3, -0.25) is 6.08 Å². The molecule has 4 aromatic rings. The molecule has 4 aromatic carbocycles. The fraction of sp³-hybridized carbons (Fsp3) is 0.310. The third-order valence-corrected chi connectivity index (χ3v) is 11.7. The Balaban J connectivity index is 0.000000131. The molecule has 228 valence electrons. The van der Waals surface area contributed by atoms with E-state index in [0.29, 0.717) is 11.3 Å². The molecule has 4 bridgehead atoms. The van der Waals surface area contributed by atoms with E-state index < -0.39 is 0 Å². The fourth-order valence-corrected chi connectivity index (χ4v) is 9.57. The van der Waals surface area contributed by atoms with Crippen LogP contribution in [0.15, 0.2) is 121 Å². The second kappa shape index (κ2) is 15.1. The third kappa shape index (κ3) is 7.48. The van der Waals surface area contributed by atoms with Gasteiger partial charge in [-0.05, 0) is 43.4 Å². The number of allylic oxidation sites excluding steroid dienone is 4. The van der Waals surface area contributed by atoms with Crippen molar-refractivity contribution in [2.24, 2.45) is 29.1 Å². The van der Waals surface area contributed by atoms with Gasteiger partial charge >= 0.3 is 99.2 Å². The molecule has 0 heterocycles. The molecule has 0 saturated heterocycles. The fourth-order valence-electron chi connectivity index (χ4n) is 8.75. The second-order valence-electron chi connectivity index (χ2n) is 13.4. The maximum atomic E-state index is 3.48. The monoisotopic (exact) mass is 704 g/mol. The summed E-state index contributed by atoms with van der Waals surface area (Å²) >= 11 is 1.46. The van der Waals surface area contributed by atoms with E-state index in [9.17, 15) is 0 Å². The first-order valence-corrected chi connectivity index (χ1v) is 17.4. The normalized spacial score (nSPS) is 25.6. The summed E-state index contributed by atoms with van der Waals surface area (Å²) in [7, 11) is 0. The van der Waals surface area contributed by atoms with Crippen molar-refractivity contribution in [3.63, 3.8) is 0 Å². The molecule has 45 heavy (non-hydrogen) atoms. The molecule has 10 rings (SSSR count). The molecule has 4 fully saturated rings. The van der Waals surface area contributed by atoms with E-state index in [1.54, 1.807) is 24.8 Å². The quantitative estimate of drug-likeness (QED) is 0.249. The topological polar surface area (TPSA) is 0 Å². The molecule has 1 unspecified atom stereocenters. The van der Waals surface area contributed by atoms with Crippen LogP contribution in [0.4, 0.5) is 0 Å². The Hall–Kier alpha value is -2.31. The van der Waals surface area contributed by atoms with Crippen LogP contribution in [0.1, 0.15) is 67.7 Å². The number of hydrogen-bond acceptors (Lipinski definition) is 0. The van der Waals surface area contributed by atoms with Crippen LogP contribution >= 0.6 is 0 Å². The molecule has 0 aliphatic heterocycles. The maximum Gasteiger partial charge on any atom is -0.0253 e. The summed E-state index contributed by atoms with van der Waals surface area (Å²) in [6, 6.07) is 39.2. The van der Waals surface area contributed by atoms with Gasteiger partial charge in [0, 0.05) is 0 Å². The van der Waals surface area contributed by atoms with Crippen LogP contribution in [0.3, 0.4) is 0 Å². The second-order valence-corrected chi connectivity index (χ2v) is 14.7. The average molecular weight is 707 g/mol. The Bertz CT molecular complexity index is 1530. The number of rotatable bonds is 3. The van der Waals surface area contributed by atoms with Crippen molar-refractivity contribution >= 4 is 3.21 Å². The van der Waals surface area contributed by atoms with Gasteiger partial charge in [-0.15, -0.1) is 5.56 Å². The van der Waals surface area contributed by atoms with E-state index in [1.807, 2.05) is 6.07 Å². The minimum atomic E-state index is 0. The van der Waals surface area contributed by atoms with Gasteiger partial charge in [0.25, 0.3) is 0 Å². The molecule has 6 aliphatic carbocycles. The zero-order valence-corrected chi connectivity index (χ0v) is 30.0. The molecular formula is C42H40Cl2Zr-2. The molecule has 0 N–H and O–H groups in total. The number of fused-ring (bicyclic) bond motifs is 3. The van der Waals surface area contributed by atoms with Crippen molar-refractivity contribution in [3.05, 3.63) is 155 Å². The van der Waals surface area contributed by atoms with E-state index >= 15 is 0 Å². The maximum absolute atomic E-state index is 3.48. The molecule has 0 radical (unpaired) electrons. The standard InChI is InChI=1S/C16H21.C13H9.C13H10.2ClH.Zr/c1-11-2-3-15(4-11)16-8-12-5-13(9-16)7-14(6-12)10-16;1-3-7-12-10(5-1)9-11-6-2-4-8-13(11)12;1-3-7-12(8-4-1)11-13-9-5-2-6-10-13;;;/h3-4,11-14H,5-10H2,1H3;1-5,7-8H,9H2;1-10H;2*1H;/q2*-1;;;;+2/p-2. The van der Waals surface area contributed by atoms with Gasteiger partial charge in [0.1, 0.15) is 0 Å². The van der Waals surface area contributed by atoms with E-state index in [1.165, 1.54) is 80.1 Å². The molecule has 0 nitrogen and oxygen atoms in total. The van der Waals surface area contributed by atoms with E-state index in [-0.39, 0.29) is 24.8 Å². The molecular weight excluding hydrogens is 667 g/mol. The summed E-state index contributed by atoms with van der Waals surface area (Å²) in [5.41, 5.74) is 10.4. The van der Waals surface area contributed by atoms with Gasteiger partial charge in [0.15, 0.2) is 0 Å². The molecule has 4 saturated carbocycles. The van der Waals surface area contributed by atoms with Gasteiger partial charge in [0.05, 0.1) is 0 Å². The van der Waals surface area contributed by atoms with Gasteiger partial charge < -0.3 is 24.8 Å². The van der Waals surface area contributed by atoms with Crippen LogP contribution in [0.25, 0.3) is 11.1 Å². The largest absolute Gasteiger partial charge is 0.179 e. The van der Waals surface area contributed by atoms with Crippen molar-refractivity contribution in [2.45, 2.75) is 51.9 Å². The Labute approximate surface area is 297 Å². The number of halogens is 2. The first kappa shape index (κ1) is 34.0. The molecule has 3 heteroatoms. The molecule has 1 atom stereocenters. The predicted octanol–water partition coefficient (Wildman–Crippen LogP) is 4.01. The van der Waals surface area contributed by atoms with Crippen molar-refractivity contribution in [1.82, 2.24) is 0 Å². The van der Waals surface area contributed by atoms with Crippen LogP contribution in [0.2, 0.25) is 0 Å². The van der Waals surface area contributed by atoms with Crippen molar-refractivity contribution in [1.29, 1.82) is 0 Å². The summed E-state index contributed by atoms with van der Waals surface area (Å²) in [4.78, 5) is 0. The Kier molecular flexibility index (Phi) is 11.4. The van der Waals surface area contributed by atoms with Gasteiger partial charge in [-0.25, -0.2) is 6.08 Å². The SMILES string of the molecule is CC1[C-]=CC(C23CC4CC(CC(C4)C2)C3)=C1.[Cl-].[Cl-].[Zr+2]=[C](c1ccccc1)c1ccccc1.[c-]1cccc2c1Cc1ccccc1-2. The van der Waals surface area contributed by atoms with Crippen LogP contribution in [-0.4, -0.2) is 3.21 Å². The first-order chi connectivity index (χ1) is 21.1.